The largest absolute Gasteiger partial charge is 0.493 e. The number of halogens is 1. The number of hydrogen-bond donors (Lipinski definition) is 1. The Kier molecular flexibility index (Phi) is 5.19. The fourth-order valence-corrected chi connectivity index (χ4v) is 4.38. The normalized spacial score (nSPS) is 19.5. The van der Waals surface area contributed by atoms with E-state index in [1.54, 1.807) is 23.6 Å². The Balaban J connectivity index is 1.71. The first-order valence-electron chi connectivity index (χ1n) is 9.65. The number of hydrogen-bond acceptors (Lipinski definition) is 4. The number of morpholine rings is 1. The zero-order chi connectivity index (χ0) is 20.7. The van der Waals surface area contributed by atoms with E-state index < -0.39 is 0 Å². The third-order valence-electron chi connectivity index (χ3n) is 5.21. The van der Waals surface area contributed by atoms with Crippen LogP contribution in [0.25, 0.3) is 11.4 Å². The van der Waals surface area contributed by atoms with E-state index >= 15 is 0 Å². The van der Waals surface area contributed by atoms with Gasteiger partial charge in [-0.15, -0.1) is 0 Å². The topological polar surface area (TPSA) is 42.6 Å². The molecule has 1 saturated heterocycles. The number of aromatic nitrogens is 2. The lowest BCUT2D eigenvalue weighted by Crippen LogP contribution is -2.45. The van der Waals surface area contributed by atoms with Crippen molar-refractivity contribution in [1.29, 1.82) is 0 Å². The average molecular weight is 414 g/mol. The standard InChI is InChI=1S/C22H24FN3O2S/c1-14-12-24(13-15(2)28-14)18-7-9-19(10-8-18)25-16(3)21(27)26(22(25)29)20-6-4-5-17(23)11-20/h4-11,14-15,27H,12-13H2,1-3H3/t14-,15+. The van der Waals surface area contributed by atoms with Gasteiger partial charge in [-0.05, 0) is 75.5 Å². The van der Waals surface area contributed by atoms with Crippen molar-refractivity contribution in [2.24, 2.45) is 0 Å². The van der Waals surface area contributed by atoms with Crippen molar-refractivity contribution < 1.29 is 14.2 Å². The Morgan fingerprint density at radius 3 is 2.21 bits per heavy atom. The van der Waals surface area contributed by atoms with Crippen molar-refractivity contribution in [1.82, 2.24) is 9.13 Å². The van der Waals surface area contributed by atoms with Crippen molar-refractivity contribution in [3.05, 3.63) is 64.8 Å². The van der Waals surface area contributed by atoms with Gasteiger partial charge in [-0.1, -0.05) is 6.07 Å². The molecule has 29 heavy (non-hydrogen) atoms. The third kappa shape index (κ3) is 3.68. The molecule has 0 spiro atoms. The van der Waals surface area contributed by atoms with Crippen LogP contribution < -0.4 is 4.90 Å². The van der Waals surface area contributed by atoms with Gasteiger partial charge in [0.15, 0.2) is 4.77 Å². The monoisotopic (exact) mass is 413 g/mol. The zero-order valence-electron chi connectivity index (χ0n) is 16.7. The minimum absolute atomic E-state index is 0.000468. The molecular weight excluding hydrogens is 389 g/mol. The van der Waals surface area contributed by atoms with Crippen molar-refractivity contribution in [3.63, 3.8) is 0 Å². The van der Waals surface area contributed by atoms with Crippen molar-refractivity contribution in [2.45, 2.75) is 33.0 Å². The molecule has 1 N–H and O–H groups in total. The first-order valence-corrected chi connectivity index (χ1v) is 10.1. The minimum atomic E-state index is -0.382. The lowest BCUT2D eigenvalue weighted by atomic mass is 10.2. The van der Waals surface area contributed by atoms with E-state index in [0.717, 1.165) is 24.5 Å². The van der Waals surface area contributed by atoms with Crippen LogP contribution in [0.2, 0.25) is 0 Å². The van der Waals surface area contributed by atoms with Gasteiger partial charge < -0.3 is 14.7 Å². The van der Waals surface area contributed by atoms with Crippen LogP contribution in [0, 0.1) is 17.5 Å². The van der Waals surface area contributed by atoms with Crippen LogP contribution in [0.5, 0.6) is 5.88 Å². The van der Waals surface area contributed by atoms with Crippen molar-refractivity contribution >= 4 is 17.9 Å². The number of aromatic hydroxyl groups is 1. The second-order valence-electron chi connectivity index (χ2n) is 7.52. The Morgan fingerprint density at radius 1 is 0.966 bits per heavy atom. The van der Waals surface area contributed by atoms with E-state index in [1.807, 2.05) is 12.1 Å². The summed E-state index contributed by atoms with van der Waals surface area (Å²) in [5, 5.41) is 10.7. The molecule has 152 valence electrons. The van der Waals surface area contributed by atoms with E-state index in [0.29, 0.717) is 16.2 Å². The van der Waals surface area contributed by atoms with Gasteiger partial charge in [0.1, 0.15) is 5.82 Å². The van der Waals surface area contributed by atoms with Crippen LogP contribution in [-0.4, -0.2) is 39.5 Å². The number of ether oxygens (including phenoxy) is 1. The molecule has 4 rings (SSSR count). The van der Waals surface area contributed by atoms with E-state index in [1.165, 1.54) is 16.7 Å². The summed E-state index contributed by atoms with van der Waals surface area (Å²) in [5.74, 6) is -0.381. The Bertz CT molecular complexity index is 1080. The SMILES string of the molecule is Cc1c(O)n(-c2cccc(F)c2)c(=S)n1-c1ccc(N2C[C@@H](C)O[C@@H](C)C2)cc1. The van der Waals surface area contributed by atoms with Gasteiger partial charge in [0.05, 0.1) is 23.6 Å². The van der Waals surface area contributed by atoms with Crippen LogP contribution in [0.3, 0.4) is 0 Å². The molecule has 2 aromatic carbocycles. The fraction of sp³-hybridized carbons (Fsp3) is 0.318. The molecular formula is C22H24FN3O2S. The predicted molar refractivity (Wildman–Crippen MR) is 115 cm³/mol. The van der Waals surface area contributed by atoms with E-state index in [2.05, 4.69) is 30.9 Å². The van der Waals surface area contributed by atoms with Crippen LogP contribution in [0.15, 0.2) is 48.5 Å². The number of imidazole rings is 1. The molecule has 1 aromatic heterocycles. The summed E-state index contributed by atoms with van der Waals surface area (Å²) in [7, 11) is 0. The Hall–Kier alpha value is -2.64. The van der Waals surface area contributed by atoms with Crippen LogP contribution in [0.1, 0.15) is 19.5 Å². The van der Waals surface area contributed by atoms with Crippen LogP contribution in [0.4, 0.5) is 10.1 Å². The average Bonchev–Trinajstić information content (AvgIpc) is 2.90. The van der Waals surface area contributed by atoms with E-state index in [9.17, 15) is 9.50 Å². The maximum Gasteiger partial charge on any atom is 0.218 e. The molecule has 1 fully saturated rings. The molecule has 0 radical (unpaired) electrons. The van der Waals surface area contributed by atoms with E-state index in [-0.39, 0.29) is 23.9 Å². The summed E-state index contributed by atoms with van der Waals surface area (Å²) in [6.07, 6.45) is 0.373. The summed E-state index contributed by atoms with van der Waals surface area (Å²) in [6.45, 7) is 7.65. The maximum atomic E-state index is 13.7. The predicted octanol–water partition coefficient (Wildman–Crippen LogP) is 4.76. The molecule has 1 aliphatic heterocycles. The molecule has 5 nitrogen and oxygen atoms in total. The third-order valence-corrected chi connectivity index (χ3v) is 5.58. The van der Waals surface area contributed by atoms with Gasteiger partial charge in [-0.3, -0.25) is 9.13 Å². The first-order chi connectivity index (χ1) is 13.8. The smallest absolute Gasteiger partial charge is 0.218 e. The second-order valence-corrected chi connectivity index (χ2v) is 7.89. The maximum absolute atomic E-state index is 13.7. The molecule has 0 aliphatic carbocycles. The molecule has 7 heteroatoms. The highest BCUT2D eigenvalue weighted by Crippen LogP contribution is 2.29. The van der Waals surface area contributed by atoms with Gasteiger partial charge in [-0.2, -0.15) is 0 Å². The fourth-order valence-electron chi connectivity index (χ4n) is 3.95. The second kappa shape index (κ2) is 7.65. The molecule has 0 unspecified atom stereocenters. The van der Waals surface area contributed by atoms with Crippen LogP contribution in [-0.2, 0) is 4.74 Å². The van der Waals surface area contributed by atoms with Gasteiger partial charge in [0.25, 0.3) is 0 Å². The lowest BCUT2D eigenvalue weighted by Gasteiger charge is -2.36. The Labute approximate surface area is 174 Å². The quantitative estimate of drug-likeness (QED) is 0.629. The van der Waals surface area contributed by atoms with Crippen molar-refractivity contribution in [2.75, 3.05) is 18.0 Å². The highest BCUT2D eigenvalue weighted by molar-refractivity contribution is 7.71. The molecule has 0 saturated carbocycles. The highest BCUT2D eigenvalue weighted by Gasteiger charge is 2.23. The molecule has 2 atom stereocenters. The number of nitrogens with zero attached hydrogens (tertiary/aromatic N) is 3. The van der Waals surface area contributed by atoms with Crippen LogP contribution >= 0.6 is 12.2 Å². The molecule has 0 bridgehead atoms. The summed E-state index contributed by atoms with van der Waals surface area (Å²) < 4.78 is 23.1. The summed E-state index contributed by atoms with van der Waals surface area (Å²) in [4.78, 5) is 2.31. The lowest BCUT2D eigenvalue weighted by molar-refractivity contribution is -0.00521. The molecule has 3 aromatic rings. The minimum Gasteiger partial charge on any atom is -0.493 e. The molecule has 1 aliphatic rings. The Morgan fingerprint density at radius 2 is 1.59 bits per heavy atom. The van der Waals surface area contributed by atoms with Gasteiger partial charge in [-0.25, -0.2) is 4.39 Å². The van der Waals surface area contributed by atoms with Gasteiger partial charge in [0.2, 0.25) is 5.88 Å². The van der Waals surface area contributed by atoms with Gasteiger partial charge >= 0.3 is 0 Å². The number of rotatable bonds is 3. The van der Waals surface area contributed by atoms with Gasteiger partial charge in [0, 0.05) is 24.5 Å². The van der Waals surface area contributed by atoms with E-state index in [4.69, 9.17) is 17.0 Å². The summed E-state index contributed by atoms with van der Waals surface area (Å²) >= 11 is 5.61. The first kappa shape index (κ1) is 19.7. The zero-order valence-corrected chi connectivity index (χ0v) is 17.5. The summed E-state index contributed by atoms with van der Waals surface area (Å²) in [5.41, 5.74) is 3.05. The number of benzene rings is 2. The number of anilines is 1. The highest BCUT2D eigenvalue weighted by atomic mass is 32.1. The summed E-state index contributed by atoms with van der Waals surface area (Å²) in [6, 6.07) is 14.1. The van der Waals surface area contributed by atoms with Crippen molar-refractivity contribution in [3.8, 4) is 17.3 Å². The molecule has 2 heterocycles. The molecule has 0 amide bonds.